The highest BCUT2D eigenvalue weighted by molar-refractivity contribution is 6.06. The van der Waals surface area contributed by atoms with Gasteiger partial charge in [-0.1, -0.05) is 24.6 Å². The average molecular weight is 494 g/mol. The molecule has 1 N–H and O–H groups in total. The van der Waals surface area contributed by atoms with E-state index in [4.69, 9.17) is 13.9 Å². The van der Waals surface area contributed by atoms with E-state index in [9.17, 15) is 4.79 Å². The van der Waals surface area contributed by atoms with Gasteiger partial charge in [0, 0.05) is 18.5 Å². The Kier molecular flexibility index (Phi) is 7.99. The SMILES string of the molecule is COC(=O)CCCCCNc1ncnc2oc(-c3c(F)cccc3OC)c(-c3ccc(OC)cc3)c12. The van der Waals surface area contributed by atoms with Crippen molar-refractivity contribution in [2.45, 2.75) is 25.7 Å². The smallest absolute Gasteiger partial charge is 0.305 e. The number of aromatic nitrogens is 2. The second-order valence-electron chi connectivity index (χ2n) is 8.07. The fraction of sp³-hybridized carbons (Fsp3) is 0.296. The van der Waals surface area contributed by atoms with Crippen molar-refractivity contribution in [2.75, 3.05) is 33.2 Å². The number of anilines is 1. The second-order valence-corrected chi connectivity index (χ2v) is 8.07. The van der Waals surface area contributed by atoms with Gasteiger partial charge in [0.15, 0.2) is 5.76 Å². The maximum absolute atomic E-state index is 15.1. The van der Waals surface area contributed by atoms with Crippen LogP contribution in [0, 0.1) is 5.82 Å². The van der Waals surface area contributed by atoms with E-state index < -0.39 is 5.82 Å². The van der Waals surface area contributed by atoms with Gasteiger partial charge < -0.3 is 23.9 Å². The Bertz CT molecular complexity index is 1340. The minimum Gasteiger partial charge on any atom is -0.497 e. The molecule has 2 heterocycles. The summed E-state index contributed by atoms with van der Waals surface area (Å²) in [6, 6.07) is 12.0. The first-order valence-electron chi connectivity index (χ1n) is 11.6. The molecule has 0 saturated heterocycles. The zero-order valence-electron chi connectivity index (χ0n) is 20.5. The predicted molar refractivity (Wildman–Crippen MR) is 135 cm³/mol. The van der Waals surface area contributed by atoms with Crippen LogP contribution < -0.4 is 14.8 Å². The number of carbonyl (C=O) groups excluding carboxylic acids is 1. The Morgan fingerprint density at radius 1 is 0.972 bits per heavy atom. The van der Waals surface area contributed by atoms with Gasteiger partial charge in [-0.05, 0) is 42.7 Å². The summed E-state index contributed by atoms with van der Waals surface area (Å²) in [4.78, 5) is 20.1. The van der Waals surface area contributed by atoms with Crippen LogP contribution in [0.2, 0.25) is 0 Å². The molecule has 2 aromatic carbocycles. The van der Waals surface area contributed by atoms with Gasteiger partial charge in [0.05, 0.1) is 32.3 Å². The Labute approximate surface area is 208 Å². The van der Waals surface area contributed by atoms with Crippen LogP contribution in [0.1, 0.15) is 25.7 Å². The molecule has 2 aromatic heterocycles. The van der Waals surface area contributed by atoms with Gasteiger partial charge in [-0.15, -0.1) is 0 Å². The van der Waals surface area contributed by atoms with Crippen LogP contribution in [0.5, 0.6) is 11.5 Å². The Morgan fingerprint density at radius 2 is 1.78 bits per heavy atom. The standard InChI is InChI=1S/C27H28FN3O5/c1-33-18-13-11-17(12-14-18)22-24-26(29-15-6-4-5-10-21(32)35-3)30-16-31-27(24)36-25(22)23-19(28)8-7-9-20(23)34-2/h7-9,11-14,16H,4-6,10,15H2,1-3H3,(H,29,30,31). The molecule has 4 rings (SSSR count). The van der Waals surface area contributed by atoms with Gasteiger partial charge >= 0.3 is 5.97 Å². The zero-order chi connectivity index (χ0) is 25.5. The third-order valence-electron chi connectivity index (χ3n) is 5.87. The molecule has 0 radical (unpaired) electrons. The van der Waals surface area contributed by atoms with Gasteiger partial charge in [0.1, 0.15) is 29.5 Å². The number of nitrogens with zero attached hydrogens (tertiary/aromatic N) is 2. The van der Waals surface area contributed by atoms with E-state index in [1.165, 1.54) is 26.6 Å². The quantitative estimate of drug-likeness (QED) is 0.205. The van der Waals surface area contributed by atoms with Crippen LogP contribution in [0.25, 0.3) is 33.6 Å². The molecule has 8 nitrogen and oxygen atoms in total. The van der Waals surface area contributed by atoms with E-state index in [0.29, 0.717) is 52.7 Å². The third kappa shape index (κ3) is 5.25. The molecule has 188 valence electrons. The largest absolute Gasteiger partial charge is 0.497 e. The van der Waals surface area contributed by atoms with E-state index in [-0.39, 0.29) is 11.5 Å². The normalized spacial score (nSPS) is 10.9. The molecule has 0 bridgehead atoms. The first-order chi connectivity index (χ1) is 17.6. The summed E-state index contributed by atoms with van der Waals surface area (Å²) in [6.45, 7) is 0.624. The maximum atomic E-state index is 15.1. The van der Waals surface area contributed by atoms with Crippen LogP contribution in [0.15, 0.2) is 53.2 Å². The first kappa shape index (κ1) is 25.0. The number of nitrogens with one attached hydrogen (secondary N) is 1. The van der Waals surface area contributed by atoms with Crippen LogP contribution in [0.3, 0.4) is 0 Å². The summed E-state index contributed by atoms with van der Waals surface area (Å²) < 4.78 is 36.7. The molecule has 36 heavy (non-hydrogen) atoms. The zero-order valence-corrected chi connectivity index (χ0v) is 20.5. The number of carbonyl (C=O) groups is 1. The molecule has 0 spiro atoms. The number of benzene rings is 2. The fourth-order valence-corrected chi connectivity index (χ4v) is 4.05. The molecule has 0 aliphatic rings. The molecular formula is C27H28FN3O5. The fourth-order valence-electron chi connectivity index (χ4n) is 4.05. The molecular weight excluding hydrogens is 465 g/mol. The van der Waals surface area contributed by atoms with Crippen LogP contribution in [-0.4, -0.2) is 43.8 Å². The lowest BCUT2D eigenvalue weighted by Gasteiger charge is -2.11. The number of unbranched alkanes of at least 4 members (excludes halogenated alkanes) is 2. The number of esters is 1. The first-order valence-corrected chi connectivity index (χ1v) is 11.6. The molecule has 0 aliphatic heterocycles. The molecule has 0 aliphatic carbocycles. The Hall–Kier alpha value is -4.14. The number of furan rings is 1. The lowest BCUT2D eigenvalue weighted by molar-refractivity contribution is -0.140. The van der Waals surface area contributed by atoms with Crippen molar-refractivity contribution in [2.24, 2.45) is 0 Å². The maximum Gasteiger partial charge on any atom is 0.305 e. The number of rotatable bonds is 11. The van der Waals surface area contributed by atoms with Crippen molar-refractivity contribution in [1.82, 2.24) is 9.97 Å². The highest BCUT2D eigenvalue weighted by atomic mass is 19.1. The summed E-state index contributed by atoms with van der Waals surface area (Å²) >= 11 is 0. The lowest BCUT2D eigenvalue weighted by atomic mass is 9.98. The van der Waals surface area contributed by atoms with Crippen molar-refractivity contribution in [3.63, 3.8) is 0 Å². The van der Waals surface area contributed by atoms with Gasteiger partial charge in [-0.25, -0.2) is 14.4 Å². The van der Waals surface area contributed by atoms with E-state index >= 15 is 4.39 Å². The molecule has 0 amide bonds. The number of fused-ring (bicyclic) bond motifs is 1. The van der Waals surface area contributed by atoms with Crippen molar-refractivity contribution in [3.05, 3.63) is 54.6 Å². The van der Waals surface area contributed by atoms with E-state index in [0.717, 1.165) is 24.8 Å². The molecule has 4 aromatic rings. The highest BCUT2D eigenvalue weighted by Crippen LogP contribution is 2.46. The van der Waals surface area contributed by atoms with Crippen LogP contribution in [-0.2, 0) is 9.53 Å². The van der Waals surface area contributed by atoms with Crippen molar-refractivity contribution < 1.29 is 27.8 Å². The third-order valence-corrected chi connectivity index (χ3v) is 5.87. The molecule has 0 unspecified atom stereocenters. The summed E-state index contributed by atoms with van der Waals surface area (Å²) in [7, 11) is 4.47. The summed E-state index contributed by atoms with van der Waals surface area (Å²) in [6.07, 6.45) is 4.22. The molecule has 9 heteroatoms. The topological polar surface area (TPSA) is 95.7 Å². The van der Waals surface area contributed by atoms with Gasteiger partial charge in [-0.3, -0.25) is 4.79 Å². The molecule has 0 fully saturated rings. The van der Waals surface area contributed by atoms with Crippen molar-refractivity contribution in [3.8, 4) is 33.9 Å². The van der Waals surface area contributed by atoms with E-state index in [1.54, 1.807) is 19.2 Å². The average Bonchev–Trinajstić information content (AvgIpc) is 3.30. The van der Waals surface area contributed by atoms with E-state index in [1.807, 2.05) is 24.3 Å². The molecule has 0 atom stereocenters. The number of hydrogen-bond acceptors (Lipinski definition) is 8. The number of methoxy groups -OCH3 is 3. The summed E-state index contributed by atoms with van der Waals surface area (Å²) in [5, 5.41) is 3.99. The number of halogens is 1. The van der Waals surface area contributed by atoms with Crippen LogP contribution >= 0.6 is 0 Å². The number of hydrogen-bond donors (Lipinski definition) is 1. The minimum atomic E-state index is -0.476. The van der Waals surface area contributed by atoms with E-state index in [2.05, 4.69) is 20.0 Å². The van der Waals surface area contributed by atoms with Crippen LogP contribution in [0.4, 0.5) is 10.2 Å². The molecule has 0 saturated carbocycles. The highest BCUT2D eigenvalue weighted by Gasteiger charge is 2.26. The Balaban J connectivity index is 1.75. The monoisotopic (exact) mass is 493 g/mol. The van der Waals surface area contributed by atoms with Gasteiger partial charge in [0.2, 0.25) is 5.71 Å². The Morgan fingerprint density at radius 3 is 2.50 bits per heavy atom. The minimum absolute atomic E-state index is 0.206. The van der Waals surface area contributed by atoms with Crippen molar-refractivity contribution in [1.29, 1.82) is 0 Å². The predicted octanol–water partition coefficient (Wildman–Crippen LogP) is 5.86. The lowest BCUT2D eigenvalue weighted by Crippen LogP contribution is -2.05. The second kappa shape index (κ2) is 11.5. The number of ether oxygens (including phenoxy) is 3. The summed E-state index contributed by atoms with van der Waals surface area (Å²) in [5.41, 5.74) is 1.96. The van der Waals surface area contributed by atoms with Gasteiger partial charge in [-0.2, -0.15) is 0 Å². The van der Waals surface area contributed by atoms with Crippen molar-refractivity contribution >= 4 is 22.9 Å². The summed E-state index contributed by atoms with van der Waals surface area (Å²) in [5.74, 6) is 1.22. The van der Waals surface area contributed by atoms with Gasteiger partial charge in [0.25, 0.3) is 0 Å².